The summed E-state index contributed by atoms with van der Waals surface area (Å²) in [5, 5.41) is 14.4. The summed E-state index contributed by atoms with van der Waals surface area (Å²) in [6.45, 7) is 0. The number of nitrogens with one attached hydrogen (secondary N) is 2. The van der Waals surface area contributed by atoms with Crippen molar-refractivity contribution in [2.45, 2.75) is 50.6 Å². The van der Waals surface area contributed by atoms with Gasteiger partial charge in [-0.25, -0.2) is 9.59 Å². The summed E-state index contributed by atoms with van der Waals surface area (Å²) in [4.78, 5) is 34.1. The number of aliphatic carboxylic acids is 1. The van der Waals surface area contributed by atoms with Crippen LogP contribution < -0.4 is 10.6 Å². The highest BCUT2D eigenvalue weighted by Gasteiger charge is 2.40. The largest absolute Gasteiger partial charge is 0.480 e. The van der Waals surface area contributed by atoms with Crippen molar-refractivity contribution in [3.8, 4) is 0 Å². The molecule has 0 aromatic carbocycles. The first-order chi connectivity index (χ1) is 9.99. The maximum absolute atomic E-state index is 11.9. The summed E-state index contributed by atoms with van der Waals surface area (Å²) in [6.07, 6.45) is 4.50. The molecule has 2 rings (SSSR count). The van der Waals surface area contributed by atoms with Crippen molar-refractivity contribution >= 4 is 18.0 Å². The van der Waals surface area contributed by atoms with Gasteiger partial charge in [-0.1, -0.05) is 6.42 Å². The van der Waals surface area contributed by atoms with Gasteiger partial charge in [0.05, 0.1) is 7.11 Å². The maximum atomic E-state index is 11.9. The van der Waals surface area contributed by atoms with Crippen molar-refractivity contribution in [1.29, 1.82) is 0 Å². The third kappa shape index (κ3) is 4.09. The van der Waals surface area contributed by atoms with E-state index in [0.717, 1.165) is 19.3 Å². The van der Waals surface area contributed by atoms with Crippen LogP contribution in [-0.2, 0) is 14.3 Å². The van der Waals surface area contributed by atoms with Gasteiger partial charge in [0.2, 0.25) is 0 Å². The molecule has 3 unspecified atom stereocenters. The van der Waals surface area contributed by atoms with Crippen LogP contribution in [0.1, 0.15) is 38.5 Å². The van der Waals surface area contributed by atoms with E-state index in [2.05, 4.69) is 15.4 Å². The minimum Gasteiger partial charge on any atom is -0.480 e. The number of carboxylic acid groups (broad SMARTS) is 1. The number of rotatable bonds is 6. The Morgan fingerprint density at radius 2 is 2.05 bits per heavy atom. The van der Waals surface area contributed by atoms with E-state index >= 15 is 0 Å². The average molecular weight is 298 g/mol. The fourth-order valence-corrected chi connectivity index (χ4v) is 3.41. The standard InChI is InChI=1S/C14H22N2O5/c1-21-12(17)5-4-10(13(18)19)15-14(20)16-11-7-8-2-3-9(11)6-8/h8-11H,2-7H2,1H3,(H,18,19)(H2,15,16,20)/t8?,9?,10-,11?/m0/s1. The molecule has 2 amide bonds. The first-order valence-corrected chi connectivity index (χ1v) is 7.36. The lowest BCUT2D eigenvalue weighted by atomic mass is 9.95. The van der Waals surface area contributed by atoms with E-state index < -0.39 is 24.0 Å². The van der Waals surface area contributed by atoms with Crippen molar-refractivity contribution in [3.63, 3.8) is 0 Å². The van der Waals surface area contributed by atoms with Gasteiger partial charge >= 0.3 is 18.0 Å². The van der Waals surface area contributed by atoms with Gasteiger partial charge in [0.25, 0.3) is 0 Å². The Morgan fingerprint density at radius 3 is 2.57 bits per heavy atom. The molecule has 0 heterocycles. The van der Waals surface area contributed by atoms with Gasteiger partial charge in [0.15, 0.2) is 0 Å². The van der Waals surface area contributed by atoms with Crippen LogP contribution in [0.3, 0.4) is 0 Å². The van der Waals surface area contributed by atoms with Gasteiger partial charge in [-0.2, -0.15) is 0 Å². The van der Waals surface area contributed by atoms with E-state index in [4.69, 9.17) is 5.11 Å². The molecule has 2 saturated carbocycles. The highest BCUT2D eigenvalue weighted by atomic mass is 16.5. The van der Waals surface area contributed by atoms with Crippen LogP contribution >= 0.6 is 0 Å². The number of urea groups is 1. The molecule has 2 aliphatic rings. The lowest BCUT2D eigenvalue weighted by molar-refractivity contribution is -0.142. The molecule has 3 N–H and O–H groups in total. The minimum absolute atomic E-state index is 0.0200. The van der Waals surface area contributed by atoms with Crippen LogP contribution in [-0.4, -0.2) is 42.3 Å². The summed E-state index contributed by atoms with van der Waals surface area (Å²) in [7, 11) is 1.24. The zero-order valence-electron chi connectivity index (χ0n) is 12.1. The fourth-order valence-electron chi connectivity index (χ4n) is 3.41. The third-order valence-corrected chi connectivity index (χ3v) is 4.52. The first-order valence-electron chi connectivity index (χ1n) is 7.36. The lowest BCUT2D eigenvalue weighted by Crippen LogP contribution is -2.50. The smallest absolute Gasteiger partial charge is 0.326 e. The molecule has 4 atom stereocenters. The number of hydrogen-bond acceptors (Lipinski definition) is 4. The molecule has 0 aliphatic heterocycles. The first kappa shape index (κ1) is 15.6. The molecule has 118 valence electrons. The van der Waals surface area contributed by atoms with Crippen LogP contribution in [0, 0.1) is 11.8 Å². The molecule has 0 aromatic heterocycles. The number of carbonyl (C=O) groups is 3. The summed E-state index contributed by atoms with van der Waals surface area (Å²) in [6, 6.07) is -1.40. The number of hydrogen-bond donors (Lipinski definition) is 3. The van der Waals surface area contributed by atoms with Gasteiger partial charge in [0.1, 0.15) is 6.04 Å². The zero-order chi connectivity index (χ0) is 15.4. The second-order valence-electron chi connectivity index (χ2n) is 5.90. The van der Waals surface area contributed by atoms with Gasteiger partial charge in [-0.15, -0.1) is 0 Å². The molecule has 2 fully saturated rings. The number of carbonyl (C=O) groups excluding carboxylic acids is 2. The number of esters is 1. The van der Waals surface area contributed by atoms with E-state index in [9.17, 15) is 14.4 Å². The highest BCUT2D eigenvalue weighted by Crippen LogP contribution is 2.44. The quantitative estimate of drug-likeness (QED) is 0.631. The summed E-state index contributed by atoms with van der Waals surface area (Å²) in [5.74, 6) is -0.410. The SMILES string of the molecule is COC(=O)CC[C@H](NC(=O)NC1CC2CCC1C2)C(=O)O. The van der Waals surface area contributed by atoms with E-state index in [1.165, 1.54) is 13.5 Å². The van der Waals surface area contributed by atoms with Crippen molar-refractivity contribution in [2.75, 3.05) is 7.11 Å². The van der Waals surface area contributed by atoms with Crippen LogP contribution in [0.4, 0.5) is 4.79 Å². The van der Waals surface area contributed by atoms with Crippen LogP contribution in [0.15, 0.2) is 0 Å². The Morgan fingerprint density at radius 1 is 1.29 bits per heavy atom. The van der Waals surface area contributed by atoms with E-state index in [-0.39, 0.29) is 18.9 Å². The third-order valence-electron chi connectivity index (χ3n) is 4.52. The van der Waals surface area contributed by atoms with Crippen LogP contribution in [0.5, 0.6) is 0 Å². The Kier molecular flexibility index (Phi) is 5.03. The van der Waals surface area contributed by atoms with Crippen molar-refractivity contribution in [3.05, 3.63) is 0 Å². The molecule has 7 nitrogen and oxygen atoms in total. The Balaban J connectivity index is 1.78. The number of amides is 2. The summed E-state index contributed by atoms with van der Waals surface area (Å²) < 4.78 is 4.47. The molecule has 7 heteroatoms. The predicted molar refractivity (Wildman–Crippen MR) is 73.6 cm³/mol. The predicted octanol–water partition coefficient (Wildman–Crippen LogP) is 0.881. The number of fused-ring (bicyclic) bond motifs is 2. The molecule has 0 spiro atoms. The van der Waals surface area contributed by atoms with E-state index in [1.807, 2.05) is 0 Å². The fraction of sp³-hybridized carbons (Fsp3) is 0.786. The van der Waals surface area contributed by atoms with Crippen molar-refractivity contribution in [2.24, 2.45) is 11.8 Å². The van der Waals surface area contributed by atoms with Gasteiger partial charge in [0, 0.05) is 12.5 Å². The van der Waals surface area contributed by atoms with Gasteiger partial charge in [-0.3, -0.25) is 4.79 Å². The Bertz CT molecular complexity index is 426. The normalized spacial score (nSPS) is 28.0. The zero-order valence-corrected chi connectivity index (χ0v) is 12.1. The molecular weight excluding hydrogens is 276 g/mol. The topological polar surface area (TPSA) is 105 Å². The van der Waals surface area contributed by atoms with E-state index in [0.29, 0.717) is 11.8 Å². The van der Waals surface area contributed by atoms with Crippen molar-refractivity contribution < 1.29 is 24.2 Å². The molecule has 0 saturated heterocycles. The second kappa shape index (κ2) is 6.78. The summed E-state index contributed by atoms with van der Waals surface area (Å²) in [5.41, 5.74) is 0. The van der Waals surface area contributed by atoms with Gasteiger partial charge in [-0.05, 0) is 37.5 Å². The monoisotopic (exact) mass is 298 g/mol. The minimum atomic E-state index is -1.15. The number of ether oxygens (including phenoxy) is 1. The molecule has 21 heavy (non-hydrogen) atoms. The number of carboxylic acids is 1. The van der Waals surface area contributed by atoms with Crippen LogP contribution in [0.25, 0.3) is 0 Å². The molecule has 0 aromatic rings. The Labute approximate surface area is 123 Å². The van der Waals surface area contributed by atoms with Crippen molar-refractivity contribution in [1.82, 2.24) is 10.6 Å². The highest BCUT2D eigenvalue weighted by molar-refractivity contribution is 5.83. The number of methoxy groups -OCH3 is 1. The van der Waals surface area contributed by atoms with E-state index in [1.54, 1.807) is 0 Å². The lowest BCUT2D eigenvalue weighted by Gasteiger charge is -2.24. The van der Waals surface area contributed by atoms with Gasteiger partial charge < -0.3 is 20.5 Å². The maximum Gasteiger partial charge on any atom is 0.326 e. The molecular formula is C14H22N2O5. The van der Waals surface area contributed by atoms with Crippen LogP contribution in [0.2, 0.25) is 0 Å². The molecule has 0 radical (unpaired) electrons. The summed E-state index contributed by atoms with van der Waals surface area (Å²) >= 11 is 0. The average Bonchev–Trinajstić information content (AvgIpc) is 3.05. The molecule has 2 aliphatic carbocycles. The Hall–Kier alpha value is -1.79. The molecule has 2 bridgehead atoms. The second-order valence-corrected chi connectivity index (χ2v) is 5.90.